The molecule has 0 heterocycles. The Balaban J connectivity index is 1.77. The molecule has 1 aliphatic carbocycles. The third-order valence-corrected chi connectivity index (χ3v) is 6.73. The maximum absolute atomic E-state index is 13.0. The lowest BCUT2D eigenvalue weighted by Gasteiger charge is -2.29. The standard InChI is InChI=1S/C20H20ClF3N2O4S/c21-14-5-2-6-15(10-14)26-31(29,30)16-7-8-18(27)17(11-16)25-19(28)12-3-1-4-13(9-12)20(22,23)24/h2,5-8,10-13,26-27H,1,3-4,9H2,(H,25,28). The summed E-state index contributed by atoms with van der Waals surface area (Å²) in [4.78, 5) is 12.3. The van der Waals surface area contributed by atoms with Gasteiger partial charge in [0.2, 0.25) is 5.91 Å². The topological polar surface area (TPSA) is 95.5 Å². The van der Waals surface area contributed by atoms with E-state index >= 15 is 0 Å². The van der Waals surface area contributed by atoms with Gasteiger partial charge >= 0.3 is 6.18 Å². The van der Waals surface area contributed by atoms with Crippen molar-refractivity contribution >= 4 is 38.9 Å². The molecule has 2 aromatic rings. The molecule has 1 fully saturated rings. The number of anilines is 2. The zero-order valence-corrected chi connectivity index (χ0v) is 17.7. The predicted molar refractivity (Wildman–Crippen MR) is 111 cm³/mol. The fourth-order valence-electron chi connectivity index (χ4n) is 3.51. The average Bonchev–Trinajstić information content (AvgIpc) is 2.68. The van der Waals surface area contributed by atoms with Crippen molar-refractivity contribution < 1.29 is 31.5 Å². The van der Waals surface area contributed by atoms with Crippen molar-refractivity contribution in [3.8, 4) is 5.75 Å². The number of hydrogen-bond acceptors (Lipinski definition) is 4. The SMILES string of the molecule is O=C(Nc1cc(S(=O)(=O)Nc2cccc(Cl)c2)ccc1O)C1CCCC(C(F)(F)F)C1. The second kappa shape index (κ2) is 8.96. The number of benzene rings is 2. The molecule has 0 aliphatic heterocycles. The van der Waals surface area contributed by atoms with E-state index in [4.69, 9.17) is 11.6 Å². The summed E-state index contributed by atoms with van der Waals surface area (Å²) in [7, 11) is -4.08. The van der Waals surface area contributed by atoms with Crippen LogP contribution >= 0.6 is 11.6 Å². The van der Waals surface area contributed by atoms with Crippen LogP contribution in [0.3, 0.4) is 0 Å². The summed E-state index contributed by atoms with van der Waals surface area (Å²) in [5.41, 5.74) is 0.0136. The molecule has 168 valence electrons. The van der Waals surface area contributed by atoms with Gasteiger partial charge in [-0.2, -0.15) is 13.2 Å². The van der Waals surface area contributed by atoms with E-state index < -0.39 is 39.7 Å². The van der Waals surface area contributed by atoms with Crippen molar-refractivity contribution in [2.75, 3.05) is 10.0 Å². The highest BCUT2D eigenvalue weighted by Crippen LogP contribution is 2.40. The van der Waals surface area contributed by atoms with Crippen LogP contribution in [-0.2, 0) is 14.8 Å². The fraction of sp³-hybridized carbons (Fsp3) is 0.350. The van der Waals surface area contributed by atoms with Crippen LogP contribution in [0.5, 0.6) is 5.75 Å². The van der Waals surface area contributed by atoms with Gasteiger partial charge in [-0.05, 0) is 55.7 Å². The van der Waals surface area contributed by atoms with Gasteiger partial charge in [-0.1, -0.05) is 24.1 Å². The van der Waals surface area contributed by atoms with Crippen molar-refractivity contribution in [1.82, 2.24) is 0 Å². The van der Waals surface area contributed by atoms with Gasteiger partial charge in [-0.15, -0.1) is 0 Å². The lowest BCUT2D eigenvalue weighted by atomic mass is 9.80. The Labute approximate surface area is 182 Å². The molecule has 1 aliphatic rings. The van der Waals surface area contributed by atoms with Gasteiger partial charge in [-0.25, -0.2) is 8.42 Å². The van der Waals surface area contributed by atoms with Gasteiger partial charge < -0.3 is 10.4 Å². The van der Waals surface area contributed by atoms with Crippen LogP contribution in [0, 0.1) is 11.8 Å². The monoisotopic (exact) mass is 476 g/mol. The smallest absolute Gasteiger partial charge is 0.391 e. The number of alkyl halides is 3. The van der Waals surface area contributed by atoms with E-state index in [0.717, 1.165) is 18.2 Å². The van der Waals surface area contributed by atoms with Gasteiger partial charge in [0, 0.05) is 10.9 Å². The number of rotatable bonds is 5. The first-order valence-corrected chi connectivity index (χ1v) is 11.3. The van der Waals surface area contributed by atoms with Crippen LogP contribution in [0.25, 0.3) is 0 Å². The van der Waals surface area contributed by atoms with Crippen molar-refractivity contribution in [3.05, 3.63) is 47.5 Å². The van der Waals surface area contributed by atoms with Crippen LogP contribution < -0.4 is 10.0 Å². The van der Waals surface area contributed by atoms with Gasteiger partial charge in [0.15, 0.2) is 0 Å². The first-order chi connectivity index (χ1) is 14.5. The third-order valence-electron chi connectivity index (χ3n) is 5.12. The second-order valence-corrected chi connectivity index (χ2v) is 9.50. The molecule has 0 radical (unpaired) electrons. The minimum atomic E-state index is -4.37. The number of sulfonamides is 1. The molecule has 31 heavy (non-hydrogen) atoms. The van der Waals surface area contributed by atoms with Gasteiger partial charge in [0.1, 0.15) is 5.75 Å². The first-order valence-electron chi connectivity index (χ1n) is 9.44. The Morgan fingerprint density at radius 1 is 1.13 bits per heavy atom. The molecular formula is C20H20ClF3N2O4S. The van der Waals surface area contributed by atoms with Gasteiger partial charge in [0.25, 0.3) is 10.0 Å². The molecular weight excluding hydrogens is 457 g/mol. The highest BCUT2D eigenvalue weighted by atomic mass is 35.5. The van der Waals surface area contributed by atoms with Crippen LogP contribution in [0.4, 0.5) is 24.5 Å². The van der Waals surface area contributed by atoms with Crippen molar-refractivity contribution in [2.45, 2.75) is 36.8 Å². The Kier molecular flexibility index (Phi) is 6.70. The van der Waals surface area contributed by atoms with Crippen molar-refractivity contribution in [2.24, 2.45) is 11.8 Å². The van der Waals surface area contributed by atoms with Crippen LogP contribution in [-0.4, -0.2) is 25.6 Å². The molecule has 6 nitrogen and oxygen atoms in total. The summed E-state index contributed by atoms with van der Waals surface area (Å²) in [6.45, 7) is 0. The summed E-state index contributed by atoms with van der Waals surface area (Å²) in [6, 6.07) is 9.29. The number of hydrogen-bond donors (Lipinski definition) is 3. The number of nitrogens with one attached hydrogen (secondary N) is 2. The molecule has 2 aromatic carbocycles. The molecule has 2 unspecified atom stereocenters. The molecule has 11 heteroatoms. The quantitative estimate of drug-likeness (QED) is 0.520. The summed E-state index contributed by atoms with van der Waals surface area (Å²) in [5, 5.41) is 12.7. The predicted octanol–water partition coefficient (Wildman–Crippen LogP) is 5.15. The number of carbonyl (C=O) groups is 1. The Hall–Kier alpha value is -2.46. The molecule has 1 saturated carbocycles. The molecule has 1 amide bonds. The van der Waals surface area contributed by atoms with Gasteiger partial charge in [0.05, 0.1) is 22.2 Å². The minimum Gasteiger partial charge on any atom is -0.506 e. The normalized spacial score (nSPS) is 19.6. The maximum atomic E-state index is 13.0. The zero-order valence-electron chi connectivity index (χ0n) is 16.1. The average molecular weight is 477 g/mol. The van der Waals surface area contributed by atoms with Gasteiger partial charge in [-0.3, -0.25) is 9.52 Å². The molecule has 2 atom stereocenters. The zero-order chi connectivity index (χ0) is 22.8. The number of halogens is 4. The Bertz CT molecular complexity index is 1080. The maximum Gasteiger partial charge on any atom is 0.391 e. The van der Waals surface area contributed by atoms with E-state index in [2.05, 4.69) is 10.0 Å². The fourth-order valence-corrected chi connectivity index (χ4v) is 4.77. The van der Waals surface area contributed by atoms with Crippen molar-refractivity contribution in [1.29, 1.82) is 0 Å². The molecule has 3 rings (SSSR count). The molecule has 3 N–H and O–H groups in total. The van der Waals surface area contributed by atoms with E-state index in [1.54, 1.807) is 12.1 Å². The minimum absolute atomic E-state index is 0.0264. The number of phenols is 1. The van der Waals surface area contributed by atoms with Crippen LogP contribution in [0.15, 0.2) is 47.4 Å². The third kappa shape index (κ3) is 5.82. The molecule has 0 bridgehead atoms. The highest BCUT2D eigenvalue weighted by molar-refractivity contribution is 7.92. The van der Waals surface area contributed by atoms with E-state index in [0.29, 0.717) is 5.02 Å². The summed E-state index contributed by atoms with van der Waals surface area (Å²) >= 11 is 5.85. The van der Waals surface area contributed by atoms with Crippen LogP contribution in [0.2, 0.25) is 5.02 Å². The van der Waals surface area contributed by atoms with Crippen molar-refractivity contribution in [3.63, 3.8) is 0 Å². The second-order valence-electron chi connectivity index (χ2n) is 7.39. The van der Waals surface area contributed by atoms with E-state index in [1.165, 1.54) is 12.1 Å². The van der Waals surface area contributed by atoms with Crippen LogP contribution in [0.1, 0.15) is 25.7 Å². The Morgan fingerprint density at radius 2 is 1.87 bits per heavy atom. The number of phenolic OH excluding ortho intramolecular Hbond substituents is 1. The number of aromatic hydroxyl groups is 1. The number of carbonyl (C=O) groups excluding carboxylic acids is 1. The van der Waals surface area contributed by atoms with E-state index in [9.17, 15) is 31.5 Å². The van der Waals surface area contributed by atoms with E-state index in [1.807, 2.05) is 0 Å². The van der Waals surface area contributed by atoms with E-state index in [-0.39, 0.29) is 42.0 Å². The first kappa shape index (κ1) is 23.2. The number of amides is 1. The lowest BCUT2D eigenvalue weighted by Crippen LogP contribution is -2.34. The molecule has 0 saturated heterocycles. The summed E-state index contributed by atoms with van der Waals surface area (Å²) in [6.07, 6.45) is -4.20. The highest BCUT2D eigenvalue weighted by Gasteiger charge is 2.43. The summed E-state index contributed by atoms with van der Waals surface area (Å²) < 4.78 is 66.6. The molecule has 0 spiro atoms. The lowest BCUT2D eigenvalue weighted by molar-refractivity contribution is -0.185. The largest absolute Gasteiger partial charge is 0.506 e. The Morgan fingerprint density at radius 3 is 2.55 bits per heavy atom. The molecule has 0 aromatic heterocycles. The summed E-state index contributed by atoms with van der Waals surface area (Å²) in [5.74, 6) is -3.54.